The number of aryl methyl sites for hydroxylation is 3. The molecule has 5 nitrogen and oxygen atoms in total. The first-order chi connectivity index (χ1) is 12.5. The van der Waals surface area contributed by atoms with Crippen LogP contribution in [0.2, 0.25) is 0 Å². The zero-order chi connectivity index (χ0) is 18.7. The molecule has 0 unspecified atom stereocenters. The van der Waals surface area contributed by atoms with Gasteiger partial charge < -0.3 is 5.32 Å². The summed E-state index contributed by atoms with van der Waals surface area (Å²) in [6, 6.07) is 8.08. The zero-order valence-corrected chi connectivity index (χ0v) is 16.4. The predicted octanol–water partition coefficient (Wildman–Crippen LogP) is 4.06. The maximum absolute atomic E-state index is 12.3. The van der Waals surface area contributed by atoms with Crippen LogP contribution in [-0.2, 0) is 11.2 Å². The number of carbonyl (C=O) groups excluding carboxylic acids is 1. The van der Waals surface area contributed by atoms with Crippen LogP contribution in [0, 0.1) is 20.8 Å². The minimum atomic E-state index is -0.0807. The van der Waals surface area contributed by atoms with E-state index in [9.17, 15) is 4.79 Å². The summed E-state index contributed by atoms with van der Waals surface area (Å²) in [7, 11) is 0. The summed E-state index contributed by atoms with van der Waals surface area (Å²) in [6.07, 6.45) is 3.05. The molecule has 0 aliphatic rings. The van der Waals surface area contributed by atoms with Gasteiger partial charge in [0.05, 0.1) is 29.1 Å². The number of aromatic nitrogens is 3. The van der Waals surface area contributed by atoms with Crippen molar-refractivity contribution in [3.05, 3.63) is 63.4 Å². The highest BCUT2D eigenvalue weighted by atomic mass is 32.1. The molecule has 0 spiro atoms. The third kappa shape index (κ3) is 3.85. The maximum atomic E-state index is 12.3. The van der Waals surface area contributed by atoms with Crippen LogP contribution in [0.1, 0.15) is 46.8 Å². The molecule has 3 rings (SSSR count). The Hall–Kier alpha value is -2.47. The van der Waals surface area contributed by atoms with Gasteiger partial charge in [-0.15, -0.1) is 11.3 Å². The van der Waals surface area contributed by atoms with E-state index in [0.29, 0.717) is 6.42 Å². The van der Waals surface area contributed by atoms with Crippen molar-refractivity contribution in [2.24, 2.45) is 0 Å². The van der Waals surface area contributed by atoms with E-state index in [2.05, 4.69) is 34.5 Å². The molecule has 26 heavy (non-hydrogen) atoms. The Balaban J connectivity index is 1.67. The van der Waals surface area contributed by atoms with Crippen LogP contribution >= 0.6 is 11.3 Å². The van der Waals surface area contributed by atoms with Crippen molar-refractivity contribution >= 4 is 17.2 Å². The molecular formula is C20H24N4OS. The molecule has 2 heterocycles. The Kier molecular flexibility index (Phi) is 5.52. The Morgan fingerprint density at radius 3 is 2.73 bits per heavy atom. The smallest absolute Gasteiger partial charge is 0.220 e. The lowest BCUT2D eigenvalue weighted by molar-refractivity contribution is -0.121. The van der Waals surface area contributed by atoms with E-state index >= 15 is 0 Å². The number of hydrogen-bond acceptors (Lipinski definition) is 4. The summed E-state index contributed by atoms with van der Waals surface area (Å²) in [6.45, 7) is 8.10. The van der Waals surface area contributed by atoms with Gasteiger partial charge in [0.2, 0.25) is 5.91 Å². The van der Waals surface area contributed by atoms with E-state index in [4.69, 9.17) is 0 Å². The highest BCUT2D eigenvalue weighted by Crippen LogP contribution is 2.22. The summed E-state index contributed by atoms with van der Waals surface area (Å²) >= 11 is 1.61. The fourth-order valence-electron chi connectivity index (χ4n) is 3.08. The molecule has 136 valence electrons. The first kappa shape index (κ1) is 18.3. The van der Waals surface area contributed by atoms with Crippen molar-refractivity contribution in [2.75, 3.05) is 0 Å². The van der Waals surface area contributed by atoms with Gasteiger partial charge in [0, 0.05) is 22.6 Å². The average molecular weight is 369 g/mol. The molecule has 0 bridgehead atoms. The Morgan fingerprint density at radius 1 is 1.27 bits per heavy atom. The SMILES string of the molecule is Cc1ccccc1-n1ncc([C@@H](C)NC(=O)CCc2scnc2C)c1C. The van der Waals surface area contributed by atoms with Crippen molar-refractivity contribution in [1.82, 2.24) is 20.1 Å². The monoisotopic (exact) mass is 368 g/mol. The molecule has 0 aliphatic carbocycles. The number of amides is 1. The molecule has 6 heteroatoms. The molecule has 2 aromatic heterocycles. The molecule has 0 fully saturated rings. The van der Waals surface area contributed by atoms with Gasteiger partial charge in [0.15, 0.2) is 0 Å². The van der Waals surface area contributed by atoms with Crippen LogP contribution < -0.4 is 5.32 Å². The fraction of sp³-hybridized carbons (Fsp3) is 0.350. The molecule has 1 atom stereocenters. The van der Waals surface area contributed by atoms with Crippen molar-refractivity contribution in [3.63, 3.8) is 0 Å². The molecule has 0 saturated carbocycles. The molecule has 3 aromatic rings. The van der Waals surface area contributed by atoms with Crippen LogP contribution in [0.4, 0.5) is 0 Å². The van der Waals surface area contributed by atoms with E-state index in [1.165, 1.54) is 10.4 Å². The molecular weight excluding hydrogens is 344 g/mol. The first-order valence-electron chi connectivity index (χ1n) is 8.76. The van der Waals surface area contributed by atoms with Crippen LogP contribution in [0.3, 0.4) is 0 Å². The summed E-state index contributed by atoms with van der Waals surface area (Å²) in [5, 5.41) is 7.62. The largest absolute Gasteiger partial charge is 0.349 e. The number of carbonyl (C=O) groups is 1. The van der Waals surface area contributed by atoms with Gasteiger partial charge in [0.25, 0.3) is 0 Å². The van der Waals surface area contributed by atoms with Crippen molar-refractivity contribution in [3.8, 4) is 5.69 Å². The van der Waals surface area contributed by atoms with E-state index in [-0.39, 0.29) is 11.9 Å². The molecule has 1 amide bonds. The number of nitrogens with zero attached hydrogens (tertiary/aromatic N) is 3. The second-order valence-electron chi connectivity index (χ2n) is 6.53. The molecule has 1 aromatic carbocycles. The molecule has 0 radical (unpaired) electrons. The van der Waals surface area contributed by atoms with E-state index in [1.807, 2.05) is 49.3 Å². The third-order valence-corrected chi connectivity index (χ3v) is 5.65. The van der Waals surface area contributed by atoms with Crippen LogP contribution in [0.25, 0.3) is 5.69 Å². The van der Waals surface area contributed by atoms with Gasteiger partial charge in [-0.3, -0.25) is 4.79 Å². The number of benzene rings is 1. The zero-order valence-electron chi connectivity index (χ0n) is 15.6. The Bertz CT molecular complexity index is 912. The topological polar surface area (TPSA) is 59.8 Å². The van der Waals surface area contributed by atoms with E-state index in [0.717, 1.165) is 29.1 Å². The first-order valence-corrected chi connectivity index (χ1v) is 9.64. The van der Waals surface area contributed by atoms with Gasteiger partial charge in [0.1, 0.15) is 0 Å². The van der Waals surface area contributed by atoms with E-state index in [1.54, 1.807) is 11.3 Å². The summed E-state index contributed by atoms with van der Waals surface area (Å²) in [5.41, 5.74) is 7.17. The van der Waals surface area contributed by atoms with Crippen LogP contribution in [0.5, 0.6) is 0 Å². The number of hydrogen-bond donors (Lipinski definition) is 1. The minimum Gasteiger partial charge on any atom is -0.349 e. The molecule has 1 N–H and O–H groups in total. The normalized spacial score (nSPS) is 12.2. The highest BCUT2D eigenvalue weighted by molar-refractivity contribution is 7.09. The molecule has 0 saturated heterocycles. The standard InChI is InChI=1S/C20H24N4OS/c1-13-7-5-6-8-18(13)24-16(4)17(11-22-24)14(2)23-20(25)10-9-19-15(3)21-12-26-19/h5-8,11-12,14H,9-10H2,1-4H3,(H,23,25)/t14-/m1/s1. The van der Waals surface area contributed by atoms with Crippen LogP contribution in [0.15, 0.2) is 36.0 Å². The lowest BCUT2D eigenvalue weighted by Crippen LogP contribution is -2.27. The quantitative estimate of drug-likeness (QED) is 0.714. The molecule has 0 aliphatic heterocycles. The van der Waals surface area contributed by atoms with Gasteiger partial charge in [-0.1, -0.05) is 18.2 Å². The summed E-state index contributed by atoms with van der Waals surface area (Å²) in [5.74, 6) is 0.0494. The Labute approximate surface area is 158 Å². The fourth-order valence-corrected chi connectivity index (χ4v) is 3.86. The maximum Gasteiger partial charge on any atom is 0.220 e. The predicted molar refractivity (Wildman–Crippen MR) is 105 cm³/mol. The average Bonchev–Trinajstić information content (AvgIpc) is 3.19. The lowest BCUT2D eigenvalue weighted by atomic mass is 10.1. The van der Waals surface area contributed by atoms with E-state index < -0.39 is 0 Å². The number of thiazole rings is 1. The van der Waals surface area contributed by atoms with Crippen molar-refractivity contribution in [2.45, 2.75) is 46.6 Å². The highest BCUT2D eigenvalue weighted by Gasteiger charge is 2.17. The lowest BCUT2D eigenvalue weighted by Gasteiger charge is -2.14. The van der Waals surface area contributed by atoms with Gasteiger partial charge in [-0.25, -0.2) is 9.67 Å². The summed E-state index contributed by atoms with van der Waals surface area (Å²) < 4.78 is 1.94. The van der Waals surface area contributed by atoms with Crippen molar-refractivity contribution in [1.29, 1.82) is 0 Å². The van der Waals surface area contributed by atoms with Gasteiger partial charge >= 0.3 is 0 Å². The second-order valence-corrected chi connectivity index (χ2v) is 7.47. The number of rotatable bonds is 6. The Morgan fingerprint density at radius 2 is 2.04 bits per heavy atom. The minimum absolute atomic E-state index is 0.0494. The number of para-hydroxylation sites is 1. The van der Waals surface area contributed by atoms with Gasteiger partial charge in [-0.05, 0) is 45.7 Å². The number of nitrogens with one attached hydrogen (secondary N) is 1. The second kappa shape index (κ2) is 7.83. The van der Waals surface area contributed by atoms with Crippen molar-refractivity contribution < 1.29 is 4.79 Å². The third-order valence-electron chi connectivity index (χ3n) is 4.66. The van der Waals surface area contributed by atoms with Crippen LogP contribution in [-0.4, -0.2) is 20.7 Å². The summed E-state index contributed by atoms with van der Waals surface area (Å²) in [4.78, 5) is 17.7. The van der Waals surface area contributed by atoms with Gasteiger partial charge in [-0.2, -0.15) is 5.10 Å².